The van der Waals surface area contributed by atoms with Gasteiger partial charge in [0.2, 0.25) is 5.91 Å². The van der Waals surface area contributed by atoms with Gasteiger partial charge in [-0.3, -0.25) is 19.8 Å². The molecule has 0 spiro atoms. The van der Waals surface area contributed by atoms with Crippen molar-refractivity contribution in [3.63, 3.8) is 0 Å². The zero-order chi connectivity index (χ0) is 27.4. The molecule has 1 saturated heterocycles. The van der Waals surface area contributed by atoms with Gasteiger partial charge in [-0.2, -0.15) is 0 Å². The van der Waals surface area contributed by atoms with Crippen molar-refractivity contribution in [1.29, 1.82) is 0 Å². The van der Waals surface area contributed by atoms with Gasteiger partial charge in [-0.15, -0.1) is 0 Å². The van der Waals surface area contributed by atoms with Crippen LogP contribution in [0.15, 0.2) is 54.6 Å². The van der Waals surface area contributed by atoms with E-state index >= 15 is 0 Å². The Morgan fingerprint density at radius 3 is 2.05 bits per heavy atom. The number of nitrogens with one attached hydrogen (secondary N) is 2. The third-order valence-corrected chi connectivity index (χ3v) is 6.20. The summed E-state index contributed by atoms with van der Waals surface area (Å²) in [6.07, 6.45) is 2.49. The van der Waals surface area contributed by atoms with E-state index in [4.69, 9.17) is 4.74 Å². The lowest BCUT2D eigenvalue weighted by atomic mass is 9.88. The molecule has 1 aliphatic rings. The Hall–Kier alpha value is -3.65. The van der Waals surface area contributed by atoms with Crippen LogP contribution in [0.2, 0.25) is 0 Å². The fourth-order valence-electron chi connectivity index (χ4n) is 4.25. The summed E-state index contributed by atoms with van der Waals surface area (Å²) < 4.78 is 5.28. The van der Waals surface area contributed by atoms with Crippen molar-refractivity contribution in [3.05, 3.63) is 65.7 Å². The maximum Gasteiger partial charge on any atom is 0.412 e. The second kappa shape index (κ2) is 11.2. The topological polar surface area (TPSA) is 108 Å². The van der Waals surface area contributed by atoms with E-state index < -0.39 is 23.6 Å². The number of carbonyl (C=O) groups is 3. The van der Waals surface area contributed by atoms with Crippen LogP contribution in [0.4, 0.5) is 16.2 Å². The van der Waals surface area contributed by atoms with E-state index in [0.29, 0.717) is 24.5 Å². The summed E-state index contributed by atoms with van der Waals surface area (Å²) >= 11 is 0. The van der Waals surface area contributed by atoms with Crippen molar-refractivity contribution >= 4 is 35.4 Å². The van der Waals surface area contributed by atoms with Crippen molar-refractivity contribution in [2.75, 3.05) is 23.7 Å². The third-order valence-electron chi connectivity index (χ3n) is 6.20. The predicted molar refractivity (Wildman–Crippen MR) is 146 cm³/mol. The van der Waals surface area contributed by atoms with E-state index in [1.807, 2.05) is 24.3 Å². The fraction of sp³-hybridized carbons (Fsp3) is 0.414. The van der Waals surface area contributed by atoms with Gasteiger partial charge < -0.3 is 15.2 Å². The molecular weight excluding hydrogens is 470 g/mol. The second-order valence-corrected chi connectivity index (χ2v) is 11.3. The smallest absolute Gasteiger partial charge is 0.412 e. The molecule has 0 radical (unpaired) electrons. The highest BCUT2D eigenvalue weighted by atomic mass is 16.6. The molecule has 37 heavy (non-hydrogen) atoms. The number of carboxylic acids is 1. The fourth-order valence-corrected chi connectivity index (χ4v) is 4.25. The maximum atomic E-state index is 12.6. The summed E-state index contributed by atoms with van der Waals surface area (Å²) in [6.45, 7) is 12.8. The van der Waals surface area contributed by atoms with Gasteiger partial charge in [0.05, 0.1) is 17.3 Å². The van der Waals surface area contributed by atoms with E-state index in [9.17, 15) is 19.5 Å². The van der Waals surface area contributed by atoms with Crippen molar-refractivity contribution in [1.82, 2.24) is 4.90 Å². The molecule has 0 saturated carbocycles. The van der Waals surface area contributed by atoms with Crippen LogP contribution in [0.25, 0.3) is 6.08 Å². The number of carboxylic acid groups (broad SMARTS) is 1. The lowest BCUT2D eigenvalue weighted by molar-refractivity contribution is -0.141. The first-order chi connectivity index (χ1) is 17.2. The minimum Gasteiger partial charge on any atom is -0.481 e. The number of hydrogen-bond donors (Lipinski definition) is 3. The number of hydrogen-bond acceptors (Lipinski definition) is 5. The second-order valence-electron chi connectivity index (χ2n) is 11.3. The van der Waals surface area contributed by atoms with Crippen LogP contribution in [0.1, 0.15) is 58.6 Å². The van der Waals surface area contributed by atoms with E-state index in [-0.39, 0.29) is 17.4 Å². The predicted octanol–water partition coefficient (Wildman–Crippen LogP) is 5.58. The van der Waals surface area contributed by atoms with E-state index in [0.717, 1.165) is 11.1 Å². The standard InChI is InChI=1S/C29H37N3O5/c1-28(2,3)32-17-21(22(18-32)26(34)35)20-14-11-19(12-15-20)13-16-25(33)30-23-9-7-8-10-24(23)31-27(36)37-29(4,5)6/h7-16,21-22H,17-18H2,1-6H3,(H,30,33)(H,31,36)(H,34,35). The van der Waals surface area contributed by atoms with Crippen LogP contribution in [-0.2, 0) is 14.3 Å². The average Bonchev–Trinajstić information content (AvgIpc) is 3.25. The Labute approximate surface area is 218 Å². The first-order valence-corrected chi connectivity index (χ1v) is 12.4. The van der Waals surface area contributed by atoms with Crippen LogP contribution in [-0.4, -0.2) is 52.2 Å². The van der Waals surface area contributed by atoms with Crippen molar-refractivity contribution in [2.45, 2.75) is 58.6 Å². The van der Waals surface area contributed by atoms with Crippen LogP contribution < -0.4 is 10.6 Å². The monoisotopic (exact) mass is 507 g/mol. The van der Waals surface area contributed by atoms with Gasteiger partial charge >= 0.3 is 12.1 Å². The zero-order valence-electron chi connectivity index (χ0n) is 22.4. The Morgan fingerprint density at radius 1 is 0.919 bits per heavy atom. The molecular formula is C29H37N3O5. The number of likely N-dealkylation sites (tertiary alicyclic amines) is 1. The molecule has 0 bridgehead atoms. The molecule has 0 aliphatic carbocycles. The quantitative estimate of drug-likeness (QED) is 0.440. The number of anilines is 2. The number of amides is 2. The number of benzene rings is 2. The van der Waals surface area contributed by atoms with Gasteiger partial charge in [0, 0.05) is 30.6 Å². The van der Waals surface area contributed by atoms with Gasteiger partial charge in [0.15, 0.2) is 0 Å². The van der Waals surface area contributed by atoms with Gasteiger partial charge in [0.25, 0.3) is 0 Å². The summed E-state index contributed by atoms with van der Waals surface area (Å²) in [7, 11) is 0. The number of carbonyl (C=O) groups excluding carboxylic acids is 2. The molecule has 2 atom stereocenters. The SMILES string of the molecule is CC(C)(C)OC(=O)Nc1ccccc1NC(=O)C=Cc1ccc(C2CN(C(C)(C)C)CC2C(=O)O)cc1. The summed E-state index contributed by atoms with van der Waals surface area (Å²) in [5.74, 6) is -1.68. The number of ether oxygens (including phenoxy) is 1. The van der Waals surface area contributed by atoms with Gasteiger partial charge in [-0.1, -0.05) is 36.4 Å². The molecule has 2 aromatic rings. The van der Waals surface area contributed by atoms with E-state index in [1.165, 1.54) is 6.08 Å². The number of para-hydroxylation sites is 2. The maximum absolute atomic E-state index is 12.6. The van der Waals surface area contributed by atoms with Crippen LogP contribution in [0.5, 0.6) is 0 Å². The Morgan fingerprint density at radius 2 is 1.51 bits per heavy atom. The molecule has 8 nitrogen and oxygen atoms in total. The Kier molecular flexibility index (Phi) is 8.43. The highest BCUT2D eigenvalue weighted by Gasteiger charge is 2.41. The molecule has 3 N–H and O–H groups in total. The van der Waals surface area contributed by atoms with Crippen LogP contribution in [0, 0.1) is 5.92 Å². The Balaban J connectivity index is 1.65. The van der Waals surface area contributed by atoms with Crippen LogP contribution in [0.3, 0.4) is 0 Å². The minimum atomic E-state index is -0.779. The van der Waals surface area contributed by atoms with Crippen LogP contribution >= 0.6 is 0 Å². The molecule has 3 rings (SSSR count). The molecule has 1 aliphatic heterocycles. The van der Waals surface area contributed by atoms with Gasteiger partial charge in [-0.05, 0) is 70.9 Å². The first kappa shape index (κ1) is 27.9. The molecule has 2 amide bonds. The summed E-state index contributed by atoms with van der Waals surface area (Å²) in [5, 5.41) is 15.2. The van der Waals surface area contributed by atoms with Crippen molar-refractivity contribution in [3.8, 4) is 0 Å². The summed E-state index contributed by atoms with van der Waals surface area (Å²) in [4.78, 5) is 38.8. The molecule has 2 aromatic carbocycles. The lowest BCUT2D eigenvalue weighted by Gasteiger charge is -2.31. The molecule has 1 heterocycles. The minimum absolute atomic E-state index is 0.0907. The molecule has 1 fully saturated rings. The number of nitrogens with zero attached hydrogens (tertiary/aromatic N) is 1. The normalized spacial score (nSPS) is 18.5. The third kappa shape index (κ3) is 7.92. The van der Waals surface area contributed by atoms with Crippen molar-refractivity contribution in [2.24, 2.45) is 5.92 Å². The summed E-state index contributed by atoms with van der Waals surface area (Å²) in [5.41, 5.74) is 1.93. The van der Waals surface area contributed by atoms with E-state index in [2.05, 4.69) is 36.3 Å². The Bertz CT molecular complexity index is 1160. The molecule has 2 unspecified atom stereocenters. The van der Waals surface area contributed by atoms with Gasteiger partial charge in [-0.25, -0.2) is 4.79 Å². The van der Waals surface area contributed by atoms with Crippen molar-refractivity contribution < 1.29 is 24.2 Å². The van der Waals surface area contributed by atoms with E-state index in [1.54, 1.807) is 51.1 Å². The average molecular weight is 508 g/mol. The number of aliphatic carboxylic acids is 1. The zero-order valence-corrected chi connectivity index (χ0v) is 22.4. The molecule has 8 heteroatoms. The van der Waals surface area contributed by atoms with Gasteiger partial charge in [0.1, 0.15) is 5.60 Å². The highest BCUT2D eigenvalue weighted by Crippen LogP contribution is 2.36. The largest absolute Gasteiger partial charge is 0.481 e. The summed E-state index contributed by atoms with van der Waals surface area (Å²) in [6, 6.07) is 14.5. The molecule has 198 valence electrons. The highest BCUT2D eigenvalue weighted by molar-refractivity contribution is 6.05. The molecule has 0 aromatic heterocycles. The number of rotatable bonds is 6. The first-order valence-electron chi connectivity index (χ1n) is 12.4. The lowest BCUT2D eigenvalue weighted by Crippen LogP contribution is -2.40.